The quantitative estimate of drug-likeness (QED) is 0.421. The van der Waals surface area contributed by atoms with Crippen molar-refractivity contribution >= 4 is 16.1 Å². The zero-order valence-electron chi connectivity index (χ0n) is 14.3. The second-order valence-electron chi connectivity index (χ2n) is 6.23. The summed E-state index contributed by atoms with van der Waals surface area (Å²) in [5.41, 5.74) is 1.08. The lowest BCUT2D eigenvalue weighted by Gasteiger charge is -2.17. The molecule has 0 radical (unpaired) electrons. The minimum Gasteiger partial charge on any atom is -0.481 e. The monoisotopic (exact) mass is 356 g/mol. The summed E-state index contributed by atoms with van der Waals surface area (Å²) in [6.45, 7) is 2.15. The molecule has 0 aliphatic rings. The molecule has 1 aromatic rings. The van der Waals surface area contributed by atoms with E-state index in [4.69, 9.17) is 9.66 Å². The zero-order valence-corrected chi connectivity index (χ0v) is 15.1. The Morgan fingerprint density at radius 3 is 2.08 bits per heavy atom. The molecule has 0 fully saturated rings. The minimum atomic E-state index is -4.15. The molecule has 1 atom stereocenters. The van der Waals surface area contributed by atoms with Crippen molar-refractivity contribution in [1.82, 2.24) is 0 Å². The Kier molecular flexibility index (Phi) is 9.00. The Labute approximate surface area is 144 Å². The highest BCUT2D eigenvalue weighted by Crippen LogP contribution is 2.29. The number of carbonyl (C=O) groups is 1. The van der Waals surface area contributed by atoms with E-state index in [1.807, 2.05) is 0 Å². The molecule has 0 aliphatic carbocycles. The smallest absolute Gasteiger partial charge is 0.303 e. The van der Waals surface area contributed by atoms with E-state index in [9.17, 15) is 13.2 Å². The number of aliphatic carboxylic acids is 1. The third-order valence-electron chi connectivity index (χ3n) is 4.25. The van der Waals surface area contributed by atoms with E-state index in [-0.39, 0.29) is 11.3 Å². The van der Waals surface area contributed by atoms with Gasteiger partial charge in [-0.05, 0) is 42.9 Å². The fourth-order valence-corrected chi connectivity index (χ4v) is 3.35. The van der Waals surface area contributed by atoms with E-state index in [2.05, 4.69) is 6.92 Å². The summed E-state index contributed by atoms with van der Waals surface area (Å²) >= 11 is 0. The average Bonchev–Trinajstić information content (AvgIpc) is 2.52. The van der Waals surface area contributed by atoms with Crippen molar-refractivity contribution in [2.24, 2.45) is 0 Å². The first kappa shape index (κ1) is 20.6. The van der Waals surface area contributed by atoms with E-state index in [0.29, 0.717) is 12.3 Å². The van der Waals surface area contributed by atoms with Crippen LogP contribution in [0.5, 0.6) is 0 Å². The highest BCUT2D eigenvalue weighted by atomic mass is 32.2. The van der Waals surface area contributed by atoms with E-state index in [1.165, 1.54) is 18.6 Å². The van der Waals surface area contributed by atoms with Crippen LogP contribution in [0.25, 0.3) is 0 Å². The van der Waals surface area contributed by atoms with Crippen LogP contribution in [0.15, 0.2) is 29.2 Å². The maximum atomic E-state index is 11.1. The fourth-order valence-electron chi connectivity index (χ4n) is 2.87. The number of hydrogen-bond acceptors (Lipinski definition) is 3. The second kappa shape index (κ2) is 10.5. The maximum Gasteiger partial charge on any atom is 0.303 e. The molecule has 1 unspecified atom stereocenters. The minimum absolute atomic E-state index is 0.0833. The van der Waals surface area contributed by atoms with Gasteiger partial charge in [0.1, 0.15) is 0 Å². The highest BCUT2D eigenvalue weighted by molar-refractivity contribution is 7.85. The first-order valence-corrected chi connectivity index (χ1v) is 10.1. The lowest BCUT2D eigenvalue weighted by molar-refractivity contribution is -0.137. The van der Waals surface area contributed by atoms with Crippen molar-refractivity contribution in [3.05, 3.63) is 29.8 Å². The summed E-state index contributed by atoms with van der Waals surface area (Å²) in [6, 6.07) is 6.44. The molecule has 0 heterocycles. The summed E-state index contributed by atoms with van der Waals surface area (Å²) in [5.74, 6) is -0.410. The molecule has 0 aromatic heterocycles. The molecule has 0 saturated carbocycles. The fraction of sp³-hybridized carbons (Fsp3) is 0.611. The van der Waals surface area contributed by atoms with E-state index in [1.54, 1.807) is 12.1 Å². The maximum absolute atomic E-state index is 11.1. The van der Waals surface area contributed by atoms with Gasteiger partial charge in [0.05, 0.1) is 4.90 Å². The molecular formula is C18H28O5S. The Hall–Kier alpha value is -1.40. The van der Waals surface area contributed by atoms with Crippen LogP contribution in [0.3, 0.4) is 0 Å². The summed E-state index contributed by atoms with van der Waals surface area (Å²) in [7, 11) is -4.15. The van der Waals surface area contributed by atoms with E-state index in [0.717, 1.165) is 44.1 Å². The third kappa shape index (κ3) is 7.93. The summed E-state index contributed by atoms with van der Waals surface area (Å²) < 4.78 is 31.3. The van der Waals surface area contributed by atoms with Crippen molar-refractivity contribution < 1.29 is 22.9 Å². The molecule has 136 valence electrons. The number of carboxylic acid groups (broad SMARTS) is 1. The number of rotatable bonds is 12. The predicted molar refractivity (Wildman–Crippen MR) is 93.9 cm³/mol. The van der Waals surface area contributed by atoms with Crippen molar-refractivity contribution in [3.63, 3.8) is 0 Å². The van der Waals surface area contributed by atoms with Crippen LogP contribution in [0.1, 0.15) is 76.2 Å². The van der Waals surface area contributed by atoms with Crippen molar-refractivity contribution in [2.45, 2.75) is 75.5 Å². The molecular weight excluding hydrogens is 328 g/mol. The van der Waals surface area contributed by atoms with E-state index < -0.39 is 16.1 Å². The van der Waals surface area contributed by atoms with Crippen LogP contribution >= 0.6 is 0 Å². The Morgan fingerprint density at radius 2 is 1.58 bits per heavy atom. The van der Waals surface area contributed by atoms with Gasteiger partial charge in [0.25, 0.3) is 10.1 Å². The molecule has 6 heteroatoms. The van der Waals surface area contributed by atoms with Crippen LogP contribution in [-0.2, 0) is 14.9 Å². The first-order chi connectivity index (χ1) is 11.3. The van der Waals surface area contributed by atoms with Crippen LogP contribution < -0.4 is 0 Å². The summed E-state index contributed by atoms with van der Waals surface area (Å²) in [4.78, 5) is 10.5. The largest absolute Gasteiger partial charge is 0.481 e. The van der Waals surface area contributed by atoms with Crippen molar-refractivity contribution in [3.8, 4) is 0 Å². The van der Waals surface area contributed by atoms with Gasteiger partial charge in [-0.3, -0.25) is 9.35 Å². The molecule has 0 aliphatic heterocycles. The van der Waals surface area contributed by atoms with Gasteiger partial charge < -0.3 is 5.11 Å². The number of carboxylic acids is 1. The van der Waals surface area contributed by atoms with Gasteiger partial charge in [0.15, 0.2) is 0 Å². The van der Waals surface area contributed by atoms with Crippen molar-refractivity contribution in [2.75, 3.05) is 0 Å². The predicted octanol–water partition coefficient (Wildman–Crippen LogP) is 4.63. The molecule has 0 bridgehead atoms. The molecule has 1 aromatic carbocycles. The lowest BCUT2D eigenvalue weighted by Crippen LogP contribution is -2.02. The zero-order chi connectivity index (χ0) is 18.0. The van der Waals surface area contributed by atoms with Crippen LogP contribution in [-0.4, -0.2) is 24.0 Å². The van der Waals surface area contributed by atoms with Gasteiger partial charge in [-0.1, -0.05) is 51.2 Å². The summed E-state index contributed by atoms with van der Waals surface area (Å²) in [5, 5.41) is 8.67. The van der Waals surface area contributed by atoms with Crippen LogP contribution in [0, 0.1) is 0 Å². The Morgan fingerprint density at radius 1 is 1.00 bits per heavy atom. The number of unbranched alkanes of at least 4 members (excludes halogenated alkanes) is 4. The van der Waals surface area contributed by atoms with Crippen LogP contribution in [0.2, 0.25) is 0 Å². The van der Waals surface area contributed by atoms with Crippen LogP contribution in [0.4, 0.5) is 0 Å². The molecule has 0 spiro atoms. The Bertz CT molecular complexity index is 592. The molecule has 24 heavy (non-hydrogen) atoms. The first-order valence-electron chi connectivity index (χ1n) is 8.63. The van der Waals surface area contributed by atoms with Gasteiger partial charge in [0, 0.05) is 6.42 Å². The average molecular weight is 356 g/mol. The summed E-state index contributed by atoms with van der Waals surface area (Å²) in [6.07, 6.45) is 8.20. The number of hydrogen-bond donors (Lipinski definition) is 2. The molecule has 2 N–H and O–H groups in total. The third-order valence-corrected chi connectivity index (χ3v) is 5.12. The van der Waals surface area contributed by atoms with Gasteiger partial charge in [0.2, 0.25) is 0 Å². The number of benzene rings is 1. The highest BCUT2D eigenvalue weighted by Gasteiger charge is 2.14. The normalized spacial score (nSPS) is 12.9. The SMILES string of the molecule is CCCCCC(CCCCCC(=O)O)c1ccc(S(=O)(=O)O)cc1. The molecule has 0 amide bonds. The van der Waals surface area contributed by atoms with Crippen molar-refractivity contribution in [1.29, 1.82) is 0 Å². The van der Waals surface area contributed by atoms with Gasteiger partial charge >= 0.3 is 5.97 Å². The van der Waals surface area contributed by atoms with Gasteiger partial charge in [-0.15, -0.1) is 0 Å². The van der Waals surface area contributed by atoms with Gasteiger partial charge in [-0.25, -0.2) is 0 Å². The van der Waals surface area contributed by atoms with E-state index >= 15 is 0 Å². The molecule has 5 nitrogen and oxygen atoms in total. The Balaban J connectivity index is 2.65. The topological polar surface area (TPSA) is 91.7 Å². The second-order valence-corrected chi connectivity index (χ2v) is 7.65. The standard InChI is InChI=1S/C18H28O5S/c1-2-3-5-8-15(9-6-4-7-10-18(19)20)16-11-13-17(14-12-16)24(21,22)23/h11-15H,2-10H2,1H3,(H,19,20)(H,21,22,23). The van der Waals surface area contributed by atoms with Gasteiger partial charge in [-0.2, -0.15) is 8.42 Å². The molecule has 0 saturated heterocycles. The molecule has 1 rings (SSSR count). The lowest BCUT2D eigenvalue weighted by atomic mass is 9.88.